The van der Waals surface area contributed by atoms with Gasteiger partial charge >= 0.3 is 0 Å². The molecule has 8 bridgehead atoms. The van der Waals surface area contributed by atoms with Crippen molar-refractivity contribution >= 4 is 68.0 Å². The molecule has 322 valence electrons. The summed E-state index contributed by atoms with van der Waals surface area (Å²) in [6, 6.07) is 4.22. The van der Waals surface area contributed by atoms with Crippen LogP contribution >= 0.6 is 21.6 Å². The Morgan fingerprint density at radius 1 is 0.381 bits per heavy atom. The third-order valence-corrected chi connectivity index (χ3v) is 13.3. The van der Waals surface area contributed by atoms with E-state index in [0.29, 0.717) is 24.2 Å². The summed E-state index contributed by atoms with van der Waals surface area (Å²) in [6.45, 7) is 0. The number of aromatic amines is 2. The molecule has 6 heterocycles. The first-order valence-electron chi connectivity index (χ1n) is 18.0. The first-order chi connectivity index (χ1) is 30.0. The molecule has 0 radical (unpaired) electrons. The maximum Gasteiger partial charge on any atom is 0.200 e. The highest BCUT2D eigenvalue weighted by Gasteiger charge is 2.34. The third-order valence-electron chi connectivity index (χ3n) is 10.4. The van der Waals surface area contributed by atoms with Gasteiger partial charge in [0.05, 0.1) is 39.5 Å². The summed E-state index contributed by atoms with van der Waals surface area (Å²) < 4.78 is 227. The average Bonchev–Trinajstić information content (AvgIpc) is 4.14. The van der Waals surface area contributed by atoms with Gasteiger partial charge in [0.2, 0.25) is 17.5 Å². The van der Waals surface area contributed by atoms with Crippen LogP contribution in [0.15, 0.2) is 24.3 Å². The lowest BCUT2D eigenvalue weighted by atomic mass is 10.0. The van der Waals surface area contributed by atoms with E-state index >= 15 is 26.3 Å². The Hall–Kier alpha value is -6.09. The van der Waals surface area contributed by atoms with Crippen LogP contribution < -0.4 is 0 Å². The summed E-state index contributed by atoms with van der Waals surface area (Å²) in [4.78, 5) is 14.0. The minimum absolute atomic E-state index is 0.00111. The number of fused-ring (bicyclic) bond motifs is 8. The summed E-state index contributed by atoms with van der Waals surface area (Å²) in [7, 11) is 2.78. The summed E-state index contributed by atoms with van der Waals surface area (Å²) >= 11 is 0. The van der Waals surface area contributed by atoms with Gasteiger partial charge in [-0.2, -0.15) is 0 Å². The minimum atomic E-state index is -2.60. The van der Waals surface area contributed by atoms with Crippen molar-refractivity contribution in [1.29, 1.82) is 0 Å². The SMILES string of the molecule is Fc1c(F)c(F)c(-c2c3nc(c(-c4c(F)c(F)c(F)c(F)c4F)c4ccc([nH]4)c(C4CCCSS4)c4nc(c(-c5c(F)c(F)c(F)c(F)c5F)c5ccc2[nH]5)C=C4)C=C3)c(F)c1F. The number of H-pyrrole nitrogens is 2. The zero-order valence-electron chi connectivity index (χ0n) is 30.7. The minimum Gasteiger partial charge on any atom is -0.355 e. The molecule has 1 unspecified atom stereocenters. The molecule has 3 aliphatic rings. The van der Waals surface area contributed by atoms with Gasteiger partial charge in [-0.25, -0.2) is 75.8 Å². The molecule has 1 atom stereocenters. The molecule has 0 amide bonds. The van der Waals surface area contributed by atoms with E-state index in [-0.39, 0.29) is 11.2 Å². The first-order valence-corrected chi connectivity index (χ1v) is 20.4. The zero-order valence-corrected chi connectivity index (χ0v) is 32.3. The number of benzene rings is 3. The van der Waals surface area contributed by atoms with E-state index in [2.05, 4.69) is 19.9 Å². The van der Waals surface area contributed by atoms with Crippen molar-refractivity contribution in [1.82, 2.24) is 19.9 Å². The molecule has 3 aliphatic heterocycles. The number of nitrogens with zero attached hydrogens (tertiary/aromatic N) is 2. The predicted molar refractivity (Wildman–Crippen MR) is 207 cm³/mol. The van der Waals surface area contributed by atoms with Crippen LogP contribution in [0.2, 0.25) is 0 Å². The Morgan fingerprint density at radius 3 is 1.03 bits per heavy atom. The zero-order chi connectivity index (χ0) is 44.9. The monoisotopic (exact) mass is 926 g/mol. The molecule has 1 saturated heterocycles. The van der Waals surface area contributed by atoms with Gasteiger partial charge in [0, 0.05) is 55.3 Å². The number of rotatable bonds is 4. The fourth-order valence-electron chi connectivity index (χ4n) is 7.53. The Labute approximate surface area is 350 Å². The molecular weight excluding hydrogens is 910 g/mol. The van der Waals surface area contributed by atoms with Gasteiger partial charge in [0.15, 0.2) is 69.8 Å². The molecule has 63 heavy (non-hydrogen) atoms. The standard InChI is InChI=1S/C42H17F15N4S2/c43-28-25(29(44)35(50)40(55)34(28)49)22-14-5-3-12(58-14)21(20-2-1-11-62-63-20)13-4-6-15(59-13)23(26-30(45)36(51)41(56)37(52)31(26)46)17-8-10-19(61-17)24(18-9-7-16(22)60-18)27-32(47)38(53)42(57)39(54)33(27)48/h3-10,20,58,61H,1-2,11H2. The predicted octanol–water partition coefficient (Wildman–Crippen LogP) is 14.0. The second kappa shape index (κ2) is 15.6. The van der Waals surface area contributed by atoms with E-state index in [4.69, 9.17) is 0 Å². The smallest absolute Gasteiger partial charge is 0.200 e. The fourth-order valence-corrected chi connectivity index (χ4v) is 10.4. The number of nitrogens with one attached hydrogen (secondary N) is 2. The normalized spacial score (nSPS) is 14.9. The molecule has 2 N–H and O–H groups in total. The fraction of sp³-hybridized carbons (Fsp3) is 0.0952. The lowest BCUT2D eigenvalue weighted by molar-refractivity contribution is 0.381. The van der Waals surface area contributed by atoms with E-state index in [9.17, 15) is 39.5 Å². The Morgan fingerprint density at radius 2 is 0.683 bits per heavy atom. The molecule has 0 aliphatic carbocycles. The van der Waals surface area contributed by atoms with Crippen molar-refractivity contribution in [2.75, 3.05) is 5.75 Å². The Kier molecular flexibility index (Phi) is 10.5. The Balaban J connectivity index is 1.54. The lowest BCUT2D eigenvalue weighted by Crippen LogP contribution is -2.06. The highest BCUT2D eigenvalue weighted by Crippen LogP contribution is 2.49. The molecule has 1 fully saturated rings. The molecule has 3 aromatic carbocycles. The number of aromatic nitrogens is 4. The van der Waals surface area contributed by atoms with Crippen LogP contribution in [-0.4, -0.2) is 25.7 Å². The first kappa shape index (κ1) is 42.2. The molecule has 4 nitrogen and oxygen atoms in total. The molecule has 9 rings (SSSR count). The van der Waals surface area contributed by atoms with Gasteiger partial charge in [-0.3, -0.25) is 0 Å². The molecule has 0 spiro atoms. The maximum atomic E-state index is 15.8. The molecular formula is C42H17F15N4S2. The van der Waals surface area contributed by atoms with Gasteiger partial charge in [-0.15, -0.1) is 0 Å². The number of hydrogen-bond donors (Lipinski definition) is 2. The van der Waals surface area contributed by atoms with Gasteiger partial charge in [-0.1, -0.05) is 21.6 Å². The van der Waals surface area contributed by atoms with Gasteiger partial charge in [-0.05, 0) is 61.4 Å². The lowest BCUT2D eigenvalue weighted by Gasteiger charge is -2.21. The van der Waals surface area contributed by atoms with Crippen LogP contribution in [0.1, 0.15) is 46.4 Å². The van der Waals surface area contributed by atoms with Gasteiger partial charge < -0.3 is 9.97 Å². The quantitative estimate of drug-likeness (QED) is 0.0799. The highest BCUT2D eigenvalue weighted by molar-refractivity contribution is 8.76. The summed E-state index contributed by atoms with van der Waals surface area (Å²) in [5.74, 6) is -35.6. The van der Waals surface area contributed by atoms with Crippen LogP contribution in [0.3, 0.4) is 0 Å². The van der Waals surface area contributed by atoms with Crippen molar-refractivity contribution in [2.45, 2.75) is 18.1 Å². The molecule has 3 aromatic heterocycles. The van der Waals surface area contributed by atoms with E-state index < -0.39 is 160 Å². The third kappa shape index (κ3) is 6.52. The average molecular weight is 927 g/mol. The second-order valence-corrected chi connectivity index (χ2v) is 16.6. The molecule has 6 aromatic rings. The highest BCUT2D eigenvalue weighted by atomic mass is 33.1. The number of halogens is 15. The summed E-state index contributed by atoms with van der Waals surface area (Å²) in [5, 5.41) is -0.494. The van der Waals surface area contributed by atoms with Gasteiger partial charge in [0.1, 0.15) is 0 Å². The van der Waals surface area contributed by atoms with Crippen LogP contribution in [0, 0.1) is 87.3 Å². The molecule has 21 heteroatoms. The van der Waals surface area contributed by atoms with Gasteiger partial charge in [0.25, 0.3) is 0 Å². The number of hydrogen-bond acceptors (Lipinski definition) is 4. The topological polar surface area (TPSA) is 57.4 Å². The van der Waals surface area contributed by atoms with Crippen molar-refractivity contribution < 1.29 is 65.9 Å². The van der Waals surface area contributed by atoms with Crippen molar-refractivity contribution in [3.05, 3.63) is 140 Å². The molecule has 0 saturated carbocycles. The summed E-state index contributed by atoms with van der Waals surface area (Å²) in [6.07, 6.45) is 5.19. The Bertz CT molecular complexity index is 3090. The van der Waals surface area contributed by atoms with E-state index in [0.717, 1.165) is 36.4 Å². The van der Waals surface area contributed by atoms with E-state index in [1.165, 1.54) is 33.7 Å². The summed E-state index contributed by atoms with van der Waals surface area (Å²) in [5.41, 5.74) is -10.8. The van der Waals surface area contributed by atoms with E-state index in [1.807, 2.05) is 0 Å². The van der Waals surface area contributed by atoms with Crippen LogP contribution in [-0.2, 0) is 0 Å². The largest absolute Gasteiger partial charge is 0.355 e. The van der Waals surface area contributed by atoms with Crippen molar-refractivity contribution in [3.8, 4) is 33.4 Å². The van der Waals surface area contributed by atoms with E-state index in [1.54, 1.807) is 0 Å². The van der Waals surface area contributed by atoms with Crippen molar-refractivity contribution in [3.63, 3.8) is 0 Å². The van der Waals surface area contributed by atoms with Crippen molar-refractivity contribution in [2.24, 2.45) is 0 Å². The van der Waals surface area contributed by atoms with Crippen LogP contribution in [0.5, 0.6) is 0 Å². The maximum absolute atomic E-state index is 15.8. The van der Waals surface area contributed by atoms with Crippen LogP contribution in [0.25, 0.3) is 79.8 Å². The van der Waals surface area contributed by atoms with Crippen LogP contribution in [0.4, 0.5) is 65.9 Å². The second-order valence-electron chi connectivity index (χ2n) is 13.9.